The Morgan fingerprint density at radius 1 is 0.429 bits per heavy atom. The SMILES string of the molecule is [Co+2].[OH-].[OH-].[OH-].[OH-].[OH-].[Sb+3]. The van der Waals surface area contributed by atoms with Crippen LogP contribution in [0.1, 0.15) is 0 Å². The van der Waals surface area contributed by atoms with Crippen molar-refractivity contribution in [3.05, 3.63) is 0 Å². The van der Waals surface area contributed by atoms with Gasteiger partial charge < -0.3 is 27.4 Å². The first-order chi connectivity index (χ1) is 0. The Balaban J connectivity index is 0. The second-order valence-corrected chi connectivity index (χ2v) is 0. The first-order valence-corrected chi connectivity index (χ1v) is 0. The summed E-state index contributed by atoms with van der Waals surface area (Å²) in [5.74, 6) is 0. The molecule has 7 heteroatoms. The first-order valence-electron chi connectivity index (χ1n) is 0. The normalized spacial score (nSPS) is 0. The summed E-state index contributed by atoms with van der Waals surface area (Å²) in [6.45, 7) is 0. The quantitative estimate of drug-likeness (QED) is 0.500. The van der Waals surface area contributed by atoms with Gasteiger partial charge in [0.25, 0.3) is 0 Å². The molecule has 0 bridgehead atoms. The molecule has 0 spiro atoms. The van der Waals surface area contributed by atoms with Crippen molar-refractivity contribution in [3.63, 3.8) is 0 Å². The van der Waals surface area contributed by atoms with Crippen molar-refractivity contribution in [2.24, 2.45) is 0 Å². The van der Waals surface area contributed by atoms with Gasteiger partial charge in [0, 0.05) is 0 Å². The van der Waals surface area contributed by atoms with Gasteiger partial charge in [-0.25, -0.2) is 0 Å². The van der Waals surface area contributed by atoms with E-state index >= 15 is 0 Å². The molecule has 0 amide bonds. The Morgan fingerprint density at radius 3 is 0.429 bits per heavy atom. The van der Waals surface area contributed by atoms with Gasteiger partial charge in [-0.15, -0.1) is 0 Å². The summed E-state index contributed by atoms with van der Waals surface area (Å²) >= 11 is 0. The molecule has 7 heavy (non-hydrogen) atoms. The third kappa shape index (κ3) is 148. The van der Waals surface area contributed by atoms with Crippen molar-refractivity contribution in [2.75, 3.05) is 0 Å². The van der Waals surface area contributed by atoms with E-state index in [9.17, 15) is 0 Å². The Kier molecular flexibility index (Phi) is 9840. The second-order valence-electron chi connectivity index (χ2n) is 0. The summed E-state index contributed by atoms with van der Waals surface area (Å²) in [7, 11) is 0. The molecule has 0 aliphatic carbocycles. The van der Waals surface area contributed by atoms with E-state index in [0.29, 0.717) is 0 Å². The predicted octanol–water partition coefficient (Wildman–Crippen LogP) is -1.27. The van der Waals surface area contributed by atoms with Gasteiger partial charge in [0.2, 0.25) is 0 Å². The fourth-order valence-corrected chi connectivity index (χ4v) is 0. The molecule has 5 N–H and O–H groups in total. The zero-order chi connectivity index (χ0) is 0. The van der Waals surface area contributed by atoms with Crippen LogP contribution in [0.3, 0.4) is 0 Å². The number of hydrogen-bond donors (Lipinski definition) is 0. The third-order valence-corrected chi connectivity index (χ3v) is 0. The van der Waals surface area contributed by atoms with Gasteiger partial charge in [-0.2, -0.15) is 0 Å². The second kappa shape index (κ2) is 211. The van der Waals surface area contributed by atoms with Gasteiger partial charge in [-0.3, -0.25) is 0 Å². The molecular weight excluding hydrogens is 261 g/mol. The minimum Gasteiger partial charge on any atom is -0.870 e. The van der Waals surface area contributed by atoms with Crippen molar-refractivity contribution in [1.82, 2.24) is 0 Å². The molecule has 3 radical (unpaired) electrons. The standard InChI is InChI=1S/Co.5H2O.Sb/h;5*1H2;/q+2;;;;;;+3/p-5. The van der Waals surface area contributed by atoms with Crippen molar-refractivity contribution in [3.8, 4) is 0 Å². The summed E-state index contributed by atoms with van der Waals surface area (Å²) in [5.41, 5.74) is 0. The van der Waals surface area contributed by atoms with Crippen molar-refractivity contribution in [1.29, 1.82) is 0 Å². The minimum atomic E-state index is 0. The Labute approximate surface area is 68.7 Å². The molecule has 49 valence electrons. The van der Waals surface area contributed by atoms with Gasteiger partial charge in [-0.1, -0.05) is 0 Å². The van der Waals surface area contributed by atoms with Gasteiger partial charge in [-0.05, 0) is 0 Å². The molecule has 0 aromatic rings. The molecule has 0 aliphatic rings. The average molecular weight is 266 g/mol. The summed E-state index contributed by atoms with van der Waals surface area (Å²) in [6.07, 6.45) is 0. The Morgan fingerprint density at radius 2 is 0.429 bits per heavy atom. The van der Waals surface area contributed by atoms with Crippen LogP contribution in [0, 0.1) is 0 Å². The number of hydrogen-bond acceptors (Lipinski definition) is 5. The topological polar surface area (TPSA) is 150 Å². The van der Waals surface area contributed by atoms with Gasteiger partial charge in [0.05, 0.1) is 0 Å². The molecule has 0 atom stereocenters. The molecule has 0 aliphatic heterocycles. The summed E-state index contributed by atoms with van der Waals surface area (Å²) in [5, 5.41) is 0. The Hall–Kier alpha value is 1.12. The smallest absolute Gasteiger partial charge is 0.870 e. The average Bonchev–Trinajstić information content (AvgIpc) is 0. The van der Waals surface area contributed by atoms with E-state index in [1.165, 1.54) is 0 Å². The predicted molar refractivity (Wildman–Crippen MR) is 15.4 cm³/mol. The van der Waals surface area contributed by atoms with Crippen molar-refractivity contribution >= 4 is 24.4 Å². The van der Waals surface area contributed by atoms with E-state index in [4.69, 9.17) is 0 Å². The van der Waals surface area contributed by atoms with Crippen LogP contribution in [0.5, 0.6) is 0 Å². The molecule has 0 saturated carbocycles. The van der Waals surface area contributed by atoms with E-state index in [0.717, 1.165) is 0 Å². The van der Waals surface area contributed by atoms with Gasteiger partial charge >= 0.3 is 41.2 Å². The van der Waals surface area contributed by atoms with Crippen LogP contribution in [0.2, 0.25) is 0 Å². The molecule has 0 fully saturated rings. The van der Waals surface area contributed by atoms with Crippen LogP contribution < -0.4 is 0 Å². The maximum absolute atomic E-state index is 0. The van der Waals surface area contributed by atoms with Crippen molar-refractivity contribution < 1.29 is 44.2 Å². The number of rotatable bonds is 0. The molecule has 0 aromatic heterocycles. The Bertz CT molecular complexity index is 8.04. The maximum atomic E-state index is 0. The largest absolute Gasteiger partial charge is 3.00 e. The van der Waals surface area contributed by atoms with Gasteiger partial charge in [0.15, 0.2) is 0 Å². The van der Waals surface area contributed by atoms with Crippen LogP contribution in [-0.2, 0) is 16.8 Å². The summed E-state index contributed by atoms with van der Waals surface area (Å²) in [4.78, 5) is 0. The molecule has 0 saturated heterocycles. The fourth-order valence-electron chi connectivity index (χ4n) is 0. The van der Waals surface area contributed by atoms with Crippen molar-refractivity contribution in [2.45, 2.75) is 0 Å². The maximum Gasteiger partial charge on any atom is 3.00 e. The van der Waals surface area contributed by atoms with E-state index < -0.39 is 0 Å². The minimum absolute atomic E-state index is 0. The van der Waals surface area contributed by atoms with E-state index in [-0.39, 0.29) is 68.6 Å². The monoisotopic (exact) mass is 265 g/mol. The van der Waals surface area contributed by atoms with E-state index in [1.807, 2.05) is 0 Å². The molecule has 0 rings (SSSR count). The molecule has 0 aromatic carbocycles. The van der Waals surface area contributed by atoms with Crippen LogP contribution in [0.4, 0.5) is 0 Å². The van der Waals surface area contributed by atoms with E-state index in [2.05, 4.69) is 0 Å². The fraction of sp³-hybridized carbons (Fsp3) is 0. The summed E-state index contributed by atoms with van der Waals surface area (Å²) in [6, 6.07) is 0. The molecule has 0 heterocycles. The van der Waals surface area contributed by atoms with E-state index in [1.54, 1.807) is 0 Å². The van der Waals surface area contributed by atoms with Gasteiger partial charge in [0.1, 0.15) is 0 Å². The van der Waals surface area contributed by atoms with Crippen LogP contribution in [0.25, 0.3) is 0 Å². The third-order valence-electron chi connectivity index (χ3n) is 0. The molecular formula is H5CoO5Sb. The first kappa shape index (κ1) is 326. The summed E-state index contributed by atoms with van der Waals surface area (Å²) < 4.78 is 0. The van der Waals surface area contributed by atoms with Crippen LogP contribution >= 0.6 is 0 Å². The van der Waals surface area contributed by atoms with Crippen LogP contribution in [0.15, 0.2) is 0 Å². The van der Waals surface area contributed by atoms with Crippen LogP contribution in [-0.4, -0.2) is 51.8 Å². The molecule has 5 nitrogen and oxygen atoms in total. The zero-order valence-electron chi connectivity index (χ0n) is 3.02. The zero-order valence-corrected chi connectivity index (χ0v) is 6.61. The molecule has 0 unspecified atom stereocenters.